The van der Waals surface area contributed by atoms with Gasteiger partial charge in [-0.05, 0) is 43.2 Å². The van der Waals surface area contributed by atoms with Crippen molar-refractivity contribution < 1.29 is 9.18 Å². The summed E-state index contributed by atoms with van der Waals surface area (Å²) in [6, 6.07) is 13.4. The fourth-order valence-corrected chi connectivity index (χ4v) is 2.42. The van der Waals surface area contributed by atoms with Crippen LogP contribution in [0.25, 0.3) is 0 Å². The number of aromatic nitrogens is 2. The molecule has 0 saturated heterocycles. The highest BCUT2D eigenvalue weighted by Gasteiger charge is 2.12. The Morgan fingerprint density at radius 1 is 1.00 bits per heavy atom. The minimum Gasteiger partial charge on any atom is -0.324 e. The molecule has 0 aliphatic heterocycles. The summed E-state index contributed by atoms with van der Waals surface area (Å²) in [5.41, 5.74) is 3.24. The quantitative estimate of drug-likeness (QED) is 0.748. The van der Waals surface area contributed by atoms with Crippen LogP contribution in [0, 0.1) is 19.7 Å². The molecule has 2 N–H and O–H groups in total. The minimum absolute atomic E-state index is 0.107. The van der Waals surface area contributed by atoms with Gasteiger partial charge in [0.05, 0.1) is 5.69 Å². The van der Waals surface area contributed by atoms with E-state index in [4.69, 9.17) is 0 Å². The van der Waals surface area contributed by atoms with Crippen molar-refractivity contribution in [3.05, 3.63) is 77.4 Å². The van der Waals surface area contributed by atoms with Crippen molar-refractivity contribution in [2.45, 2.75) is 13.8 Å². The SMILES string of the molecule is Cc1cccc(C)c1Nc1nccc(C(=O)Nc2ccccc2F)n1. The summed E-state index contributed by atoms with van der Waals surface area (Å²) in [6.45, 7) is 3.95. The lowest BCUT2D eigenvalue weighted by molar-refractivity contribution is 0.102. The van der Waals surface area contributed by atoms with E-state index in [9.17, 15) is 9.18 Å². The third kappa shape index (κ3) is 3.80. The van der Waals surface area contributed by atoms with E-state index in [0.717, 1.165) is 16.8 Å². The molecule has 0 aliphatic rings. The number of nitrogens with one attached hydrogen (secondary N) is 2. The predicted molar refractivity (Wildman–Crippen MR) is 95.6 cm³/mol. The van der Waals surface area contributed by atoms with Gasteiger partial charge in [-0.1, -0.05) is 30.3 Å². The molecular weight excluding hydrogens is 319 g/mol. The molecule has 0 spiro atoms. The molecule has 0 aliphatic carbocycles. The Balaban J connectivity index is 1.82. The van der Waals surface area contributed by atoms with Crippen molar-refractivity contribution >= 4 is 23.2 Å². The summed E-state index contributed by atoms with van der Waals surface area (Å²) < 4.78 is 13.7. The fraction of sp³-hybridized carbons (Fsp3) is 0.105. The average Bonchev–Trinajstić information content (AvgIpc) is 2.60. The molecule has 0 unspecified atom stereocenters. The van der Waals surface area contributed by atoms with Gasteiger partial charge < -0.3 is 10.6 Å². The Morgan fingerprint density at radius 3 is 2.44 bits per heavy atom. The van der Waals surface area contributed by atoms with Crippen LogP contribution in [0.15, 0.2) is 54.7 Å². The third-order valence-electron chi connectivity index (χ3n) is 3.73. The molecule has 0 saturated carbocycles. The molecule has 126 valence electrons. The molecule has 0 radical (unpaired) electrons. The summed E-state index contributed by atoms with van der Waals surface area (Å²) in [6.07, 6.45) is 1.49. The van der Waals surface area contributed by atoms with Gasteiger partial charge in [0.15, 0.2) is 0 Å². The zero-order chi connectivity index (χ0) is 17.8. The van der Waals surface area contributed by atoms with Crippen molar-refractivity contribution in [1.29, 1.82) is 0 Å². The number of nitrogens with zero attached hydrogens (tertiary/aromatic N) is 2. The molecule has 0 bridgehead atoms. The normalized spacial score (nSPS) is 10.4. The number of para-hydroxylation sites is 2. The van der Waals surface area contributed by atoms with Crippen LogP contribution in [-0.4, -0.2) is 15.9 Å². The van der Waals surface area contributed by atoms with Gasteiger partial charge in [-0.25, -0.2) is 14.4 Å². The highest BCUT2D eigenvalue weighted by molar-refractivity contribution is 6.03. The third-order valence-corrected chi connectivity index (χ3v) is 3.73. The van der Waals surface area contributed by atoms with E-state index in [1.165, 1.54) is 24.4 Å². The van der Waals surface area contributed by atoms with Crippen molar-refractivity contribution in [3.63, 3.8) is 0 Å². The van der Waals surface area contributed by atoms with Crippen molar-refractivity contribution in [3.8, 4) is 0 Å². The lowest BCUT2D eigenvalue weighted by Gasteiger charge is -2.12. The summed E-state index contributed by atoms with van der Waals surface area (Å²) in [5, 5.41) is 5.64. The minimum atomic E-state index is -0.503. The summed E-state index contributed by atoms with van der Waals surface area (Å²) in [4.78, 5) is 20.7. The second-order valence-corrected chi connectivity index (χ2v) is 5.59. The van der Waals surface area contributed by atoms with Gasteiger partial charge in [0, 0.05) is 11.9 Å². The molecule has 6 heteroatoms. The number of hydrogen-bond acceptors (Lipinski definition) is 4. The van der Waals surface area contributed by atoms with Crippen LogP contribution in [0.1, 0.15) is 21.6 Å². The lowest BCUT2D eigenvalue weighted by Crippen LogP contribution is -2.15. The summed E-state index contributed by atoms with van der Waals surface area (Å²) >= 11 is 0. The molecule has 0 atom stereocenters. The van der Waals surface area contributed by atoms with E-state index in [0.29, 0.717) is 5.95 Å². The van der Waals surface area contributed by atoms with Crippen LogP contribution in [0.4, 0.5) is 21.7 Å². The smallest absolute Gasteiger partial charge is 0.274 e. The first-order chi connectivity index (χ1) is 12.0. The number of benzene rings is 2. The lowest BCUT2D eigenvalue weighted by atomic mass is 10.1. The number of anilines is 3. The highest BCUT2D eigenvalue weighted by Crippen LogP contribution is 2.22. The summed E-state index contributed by atoms with van der Waals surface area (Å²) in [5.74, 6) is -0.700. The number of carbonyl (C=O) groups is 1. The number of carbonyl (C=O) groups excluding carboxylic acids is 1. The van der Waals surface area contributed by atoms with E-state index in [1.54, 1.807) is 12.1 Å². The number of hydrogen-bond donors (Lipinski definition) is 2. The zero-order valence-corrected chi connectivity index (χ0v) is 13.9. The first kappa shape index (κ1) is 16.6. The average molecular weight is 336 g/mol. The Kier molecular flexibility index (Phi) is 4.70. The van der Waals surface area contributed by atoms with Crippen molar-refractivity contribution in [2.75, 3.05) is 10.6 Å². The Labute approximate surface area is 145 Å². The molecule has 0 fully saturated rings. The number of rotatable bonds is 4. The molecule has 25 heavy (non-hydrogen) atoms. The fourth-order valence-electron chi connectivity index (χ4n) is 2.42. The van der Waals surface area contributed by atoms with Crippen LogP contribution in [0.3, 0.4) is 0 Å². The second kappa shape index (κ2) is 7.09. The number of aryl methyl sites for hydroxylation is 2. The van der Waals surface area contributed by atoms with Gasteiger partial charge in [0.2, 0.25) is 5.95 Å². The molecular formula is C19H17FN4O. The first-order valence-electron chi connectivity index (χ1n) is 7.77. The van der Waals surface area contributed by atoms with Crippen LogP contribution < -0.4 is 10.6 Å². The van der Waals surface area contributed by atoms with Gasteiger partial charge in [-0.15, -0.1) is 0 Å². The monoisotopic (exact) mass is 336 g/mol. The van der Waals surface area contributed by atoms with E-state index in [-0.39, 0.29) is 11.4 Å². The molecule has 5 nitrogen and oxygen atoms in total. The molecule has 1 heterocycles. The van der Waals surface area contributed by atoms with Gasteiger partial charge in [0.1, 0.15) is 11.5 Å². The van der Waals surface area contributed by atoms with Crippen LogP contribution in [0.2, 0.25) is 0 Å². The van der Waals surface area contributed by atoms with E-state index in [1.807, 2.05) is 32.0 Å². The van der Waals surface area contributed by atoms with Crippen molar-refractivity contribution in [1.82, 2.24) is 9.97 Å². The topological polar surface area (TPSA) is 66.9 Å². The molecule has 1 aromatic heterocycles. The maximum Gasteiger partial charge on any atom is 0.274 e. The maximum atomic E-state index is 13.7. The van der Waals surface area contributed by atoms with Gasteiger partial charge in [0.25, 0.3) is 5.91 Å². The zero-order valence-electron chi connectivity index (χ0n) is 13.9. The Bertz CT molecular complexity index is 907. The maximum absolute atomic E-state index is 13.7. The van der Waals surface area contributed by atoms with E-state index in [2.05, 4.69) is 20.6 Å². The van der Waals surface area contributed by atoms with Gasteiger partial charge >= 0.3 is 0 Å². The molecule has 3 aromatic rings. The Hall–Kier alpha value is -3.28. The standard InChI is InChI=1S/C19H17FN4O/c1-12-6-5-7-13(2)17(12)24-19-21-11-10-16(23-19)18(25)22-15-9-4-3-8-14(15)20/h3-11H,1-2H3,(H,22,25)(H,21,23,24). The molecule has 2 aromatic carbocycles. The largest absolute Gasteiger partial charge is 0.324 e. The van der Waals surface area contributed by atoms with E-state index >= 15 is 0 Å². The van der Waals surface area contributed by atoms with Crippen LogP contribution in [-0.2, 0) is 0 Å². The first-order valence-corrected chi connectivity index (χ1v) is 7.77. The van der Waals surface area contributed by atoms with Crippen molar-refractivity contribution in [2.24, 2.45) is 0 Å². The number of amides is 1. The van der Waals surface area contributed by atoms with E-state index < -0.39 is 11.7 Å². The molecule has 3 rings (SSSR count). The van der Waals surface area contributed by atoms with Crippen LogP contribution >= 0.6 is 0 Å². The predicted octanol–water partition coefficient (Wildman–Crippen LogP) is 4.23. The van der Waals surface area contributed by atoms with Gasteiger partial charge in [-0.2, -0.15) is 0 Å². The van der Waals surface area contributed by atoms with Gasteiger partial charge in [-0.3, -0.25) is 4.79 Å². The molecule has 1 amide bonds. The Morgan fingerprint density at radius 2 is 1.72 bits per heavy atom. The highest BCUT2D eigenvalue weighted by atomic mass is 19.1. The summed E-state index contributed by atoms with van der Waals surface area (Å²) in [7, 11) is 0. The second-order valence-electron chi connectivity index (χ2n) is 5.59. The number of halogens is 1. The van der Waals surface area contributed by atoms with Crippen LogP contribution in [0.5, 0.6) is 0 Å².